The van der Waals surface area contributed by atoms with Crippen LogP contribution in [0.2, 0.25) is 0 Å². The summed E-state index contributed by atoms with van der Waals surface area (Å²) < 4.78 is 10.1. The van der Waals surface area contributed by atoms with Crippen LogP contribution in [0.3, 0.4) is 0 Å². The summed E-state index contributed by atoms with van der Waals surface area (Å²) in [6, 6.07) is 0. The Hall–Kier alpha value is -1.58. The zero-order chi connectivity index (χ0) is 21.6. The summed E-state index contributed by atoms with van der Waals surface area (Å²) in [5.74, 6) is 0.441. The van der Waals surface area contributed by atoms with Crippen LogP contribution in [0.1, 0.15) is 91.9 Å². The summed E-state index contributed by atoms with van der Waals surface area (Å²) in [6.45, 7) is 16.5. The van der Waals surface area contributed by atoms with Crippen molar-refractivity contribution in [2.75, 3.05) is 13.2 Å². The molecule has 0 aliphatic rings. The molecule has 0 aromatic heterocycles. The van der Waals surface area contributed by atoms with E-state index >= 15 is 0 Å². The van der Waals surface area contributed by atoms with Gasteiger partial charge in [0.1, 0.15) is 0 Å². The van der Waals surface area contributed by atoms with E-state index in [9.17, 15) is 9.59 Å². The average molecular weight is 397 g/mol. The monoisotopic (exact) mass is 396 g/mol. The lowest BCUT2D eigenvalue weighted by Crippen LogP contribution is -2.12. The van der Waals surface area contributed by atoms with Crippen LogP contribution in [0.25, 0.3) is 0 Å². The molecule has 0 rings (SSSR count). The van der Waals surface area contributed by atoms with Gasteiger partial charge < -0.3 is 9.47 Å². The van der Waals surface area contributed by atoms with E-state index in [1.165, 1.54) is 50.7 Å². The Morgan fingerprint density at radius 2 is 1.21 bits per heavy atom. The Balaban J connectivity index is 0. The van der Waals surface area contributed by atoms with Gasteiger partial charge in [-0.25, -0.2) is 9.59 Å². The smallest absolute Gasteiger partial charge is 0.330 e. The maximum atomic E-state index is 10.9. The molecule has 0 bridgehead atoms. The van der Waals surface area contributed by atoms with Gasteiger partial charge in [-0.15, -0.1) is 0 Å². The van der Waals surface area contributed by atoms with Crippen LogP contribution < -0.4 is 0 Å². The van der Waals surface area contributed by atoms with Crippen molar-refractivity contribution in [1.29, 1.82) is 0 Å². The molecule has 28 heavy (non-hydrogen) atoms. The summed E-state index contributed by atoms with van der Waals surface area (Å²) in [4.78, 5) is 21.7. The molecule has 0 heterocycles. The van der Waals surface area contributed by atoms with Crippen molar-refractivity contribution in [3.63, 3.8) is 0 Å². The van der Waals surface area contributed by atoms with Crippen molar-refractivity contribution in [3.05, 3.63) is 25.3 Å². The Morgan fingerprint density at radius 3 is 1.64 bits per heavy atom. The highest BCUT2D eigenvalue weighted by atomic mass is 16.5. The summed E-state index contributed by atoms with van der Waals surface area (Å²) in [5.41, 5.74) is 0. The highest BCUT2D eigenvalue weighted by Crippen LogP contribution is 2.16. The third-order valence-corrected chi connectivity index (χ3v) is 4.71. The van der Waals surface area contributed by atoms with Gasteiger partial charge in [0.05, 0.1) is 13.2 Å². The number of ether oxygens (including phenoxy) is 2. The lowest BCUT2D eigenvalue weighted by molar-refractivity contribution is -0.140. The minimum absolute atomic E-state index is 0.299. The fourth-order valence-corrected chi connectivity index (χ4v) is 2.82. The molecular formula is C24H44O4. The van der Waals surface area contributed by atoms with Gasteiger partial charge in [-0.3, -0.25) is 0 Å². The van der Waals surface area contributed by atoms with Gasteiger partial charge in [0.2, 0.25) is 0 Å². The normalized spacial score (nSPS) is 12.1. The van der Waals surface area contributed by atoms with Crippen LogP contribution in [0.5, 0.6) is 0 Å². The van der Waals surface area contributed by atoms with Crippen LogP contribution in [0.15, 0.2) is 25.3 Å². The first-order chi connectivity index (χ1) is 13.5. The van der Waals surface area contributed by atoms with E-state index in [0.29, 0.717) is 25.0 Å². The van der Waals surface area contributed by atoms with E-state index in [1.807, 2.05) is 0 Å². The van der Waals surface area contributed by atoms with Crippen molar-refractivity contribution in [2.24, 2.45) is 11.8 Å². The standard InChI is InChI=1S/C13H24O2.C11H20O2/c1-4-7-8-10-12(9-5-2)11-15-13(14)6-3;1-4-7-8-10(5-2)9-13-11(12)6-3/h6,12H,3-5,7-11H2,1-2H3;6,10H,3-5,7-9H2,1-2H3. The van der Waals surface area contributed by atoms with Crippen molar-refractivity contribution in [3.8, 4) is 0 Å². The topological polar surface area (TPSA) is 52.6 Å². The number of hydrogen-bond donors (Lipinski definition) is 0. The molecule has 0 aromatic rings. The van der Waals surface area contributed by atoms with E-state index in [-0.39, 0.29) is 11.9 Å². The maximum absolute atomic E-state index is 10.9. The number of carbonyl (C=O) groups excluding carboxylic acids is 2. The van der Waals surface area contributed by atoms with Gasteiger partial charge in [-0.2, -0.15) is 0 Å². The lowest BCUT2D eigenvalue weighted by Gasteiger charge is -2.15. The van der Waals surface area contributed by atoms with Crippen molar-refractivity contribution in [2.45, 2.75) is 91.9 Å². The highest BCUT2D eigenvalue weighted by molar-refractivity contribution is 5.81. The van der Waals surface area contributed by atoms with Crippen molar-refractivity contribution < 1.29 is 19.1 Å². The zero-order valence-electron chi connectivity index (χ0n) is 18.8. The molecule has 0 aliphatic heterocycles. The Morgan fingerprint density at radius 1 is 0.714 bits per heavy atom. The molecule has 0 fully saturated rings. The minimum atomic E-state index is -0.310. The third kappa shape index (κ3) is 19.2. The summed E-state index contributed by atoms with van der Waals surface area (Å²) in [6.07, 6.45) is 14.3. The second-order valence-corrected chi connectivity index (χ2v) is 7.24. The largest absolute Gasteiger partial charge is 0.462 e. The van der Waals surface area contributed by atoms with E-state index < -0.39 is 0 Å². The first-order valence-corrected chi connectivity index (χ1v) is 11.1. The predicted octanol–water partition coefficient (Wildman–Crippen LogP) is 6.64. The van der Waals surface area contributed by atoms with Crippen LogP contribution in [0.4, 0.5) is 0 Å². The van der Waals surface area contributed by atoms with E-state index in [1.54, 1.807) is 0 Å². The summed E-state index contributed by atoms with van der Waals surface area (Å²) >= 11 is 0. The van der Waals surface area contributed by atoms with Crippen LogP contribution in [0, 0.1) is 11.8 Å². The summed E-state index contributed by atoms with van der Waals surface area (Å²) in [7, 11) is 0. The van der Waals surface area contributed by atoms with Gasteiger partial charge in [0.15, 0.2) is 0 Å². The van der Waals surface area contributed by atoms with Crippen LogP contribution in [-0.2, 0) is 19.1 Å². The van der Waals surface area contributed by atoms with Gasteiger partial charge in [-0.1, -0.05) is 85.8 Å². The molecule has 0 saturated heterocycles. The molecule has 0 spiro atoms. The third-order valence-electron chi connectivity index (χ3n) is 4.71. The first-order valence-electron chi connectivity index (χ1n) is 11.1. The van der Waals surface area contributed by atoms with Gasteiger partial charge in [-0.05, 0) is 31.1 Å². The molecule has 2 atom stereocenters. The minimum Gasteiger partial charge on any atom is -0.462 e. The molecule has 0 radical (unpaired) electrons. The van der Waals surface area contributed by atoms with Crippen molar-refractivity contribution in [1.82, 2.24) is 0 Å². The van der Waals surface area contributed by atoms with E-state index in [4.69, 9.17) is 9.47 Å². The first kappa shape index (κ1) is 28.6. The van der Waals surface area contributed by atoms with Crippen LogP contribution in [-0.4, -0.2) is 25.2 Å². The molecule has 0 aliphatic carbocycles. The SMILES string of the molecule is C=CC(=O)OCC(CC)CCCC.C=CC(=O)OCC(CCC)CCCCC. The Bertz CT molecular complexity index is 403. The van der Waals surface area contributed by atoms with Gasteiger partial charge in [0, 0.05) is 12.2 Å². The van der Waals surface area contributed by atoms with Crippen LogP contribution >= 0.6 is 0 Å². The molecule has 0 saturated carbocycles. The molecule has 0 aromatic carbocycles. The predicted molar refractivity (Wildman–Crippen MR) is 118 cm³/mol. The van der Waals surface area contributed by atoms with E-state index in [0.717, 1.165) is 25.7 Å². The molecule has 0 N–H and O–H groups in total. The molecule has 164 valence electrons. The second-order valence-electron chi connectivity index (χ2n) is 7.24. The number of unbranched alkanes of at least 4 members (excludes halogenated alkanes) is 3. The molecular weight excluding hydrogens is 352 g/mol. The zero-order valence-corrected chi connectivity index (χ0v) is 18.8. The Kier molecular flexibility index (Phi) is 22.2. The van der Waals surface area contributed by atoms with Gasteiger partial charge >= 0.3 is 11.9 Å². The number of carbonyl (C=O) groups is 2. The average Bonchev–Trinajstić information content (AvgIpc) is 2.72. The Labute approximate surface area is 173 Å². The number of hydrogen-bond acceptors (Lipinski definition) is 4. The fourth-order valence-electron chi connectivity index (χ4n) is 2.82. The van der Waals surface area contributed by atoms with E-state index in [2.05, 4.69) is 40.9 Å². The molecule has 2 unspecified atom stereocenters. The number of rotatable bonds is 16. The maximum Gasteiger partial charge on any atom is 0.330 e. The fraction of sp³-hybridized carbons (Fsp3) is 0.750. The second kappa shape index (κ2) is 21.7. The van der Waals surface area contributed by atoms with Crippen molar-refractivity contribution >= 4 is 11.9 Å². The summed E-state index contributed by atoms with van der Waals surface area (Å²) in [5, 5.41) is 0. The van der Waals surface area contributed by atoms with Gasteiger partial charge in [0.25, 0.3) is 0 Å². The molecule has 0 amide bonds. The molecule has 4 heteroatoms. The lowest BCUT2D eigenvalue weighted by atomic mass is 9.97. The highest BCUT2D eigenvalue weighted by Gasteiger charge is 2.09. The quantitative estimate of drug-likeness (QED) is 0.167. The molecule has 4 nitrogen and oxygen atoms in total. The number of esters is 2.